The van der Waals surface area contributed by atoms with E-state index in [0.717, 1.165) is 6.42 Å². The Kier molecular flexibility index (Phi) is 7.66. The number of nitrogens with zero attached hydrogens (tertiary/aromatic N) is 1. The number of methoxy groups -OCH3 is 1. The first-order valence-electron chi connectivity index (χ1n) is 9.40. The fraction of sp³-hybridized carbons (Fsp3) is 0.842. The van der Waals surface area contributed by atoms with Crippen LogP contribution < -0.4 is 10.6 Å². The van der Waals surface area contributed by atoms with Crippen molar-refractivity contribution in [2.45, 2.75) is 90.6 Å². The highest BCUT2D eigenvalue weighted by Gasteiger charge is 2.43. The van der Waals surface area contributed by atoms with Crippen LogP contribution in [0.25, 0.3) is 0 Å². The molecule has 8 nitrogen and oxygen atoms in total. The third-order valence-electron chi connectivity index (χ3n) is 4.11. The number of carbonyl (C=O) groups is 3. The SMILES string of the molecule is COC(=O)[C@@H]1CCCN1[C@@H](C(=O)NC(C)(C)C)[C@H](C)NC(=O)OC(C)(C)C. The minimum Gasteiger partial charge on any atom is -0.468 e. The molecule has 2 amide bonds. The van der Waals surface area contributed by atoms with E-state index < -0.39 is 35.4 Å². The van der Waals surface area contributed by atoms with E-state index in [4.69, 9.17) is 9.47 Å². The number of nitrogens with one attached hydrogen (secondary N) is 2. The summed E-state index contributed by atoms with van der Waals surface area (Å²) in [6.45, 7) is 13.3. The molecule has 2 N–H and O–H groups in total. The molecule has 0 radical (unpaired) electrons. The van der Waals surface area contributed by atoms with E-state index in [1.807, 2.05) is 25.7 Å². The van der Waals surface area contributed by atoms with Gasteiger partial charge in [0.2, 0.25) is 5.91 Å². The summed E-state index contributed by atoms with van der Waals surface area (Å²) in [6.07, 6.45) is 0.793. The monoisotopic (exact) mass is 385 g/mol. The Morgan fingerprint density at radius 2 is 1.70 bits per heavy atom. The fourth-order valence-electron chi connectivity index (χ4n) is 3.19. The maximum atomic E-state index is 13.0. The second kappa shape index (κ2) is 8.91. The van der Waals surface area contributed by atoms with Crippen molar-refractivity contribution in [3.05, 3.63) is 0 Å². The summed E-state index contributed by atoms with van der Waals surface area (Å²) in [4.78, 5) is 39.2. The first kappa shape index (κ1) is 23.2. The molecule has 156 valence electrons. The number of esters is 1. The van der Waals surface area contributed by atoms with Gasteiger partial charge in [-0.25, -0.2) is 4.79 Å². The third-order valence-corrected chi connectivity index (χ3v) is 4.11. The van der Waals surface area contributed by atoms with E-state index in [1.54, 1.807) is 27.7 Å². The van der Waals surface area contributed by atoms with Crippen LogP contribution in [0.4, 0.5) is 4.79 Å². The topological polar surface area (TPSA) is 97.0 Å². The maximum Gasteiger partial charge on any atom is 0.407 e. The largest absolute Gasteiger partial charge is 0.468 e. The first-order valence-corrected chi connectivity index (χ1v) is 9.40. The molecule has 0 aromatic rings. The lowest BCUT2D eigenvalue weighted by atomic mass is 10.0. The normalized spacial score (nSPS) is 20.5. The zero-order chi connectivity index (χ0) is 21.0. The van der Waals surface area contributed by atoms with Gasteiger partial charge in [-0.2, -0.15) is 0 Å². The molecular formula is C19H35N3O5. The molecule has 1 aliphatic rings. The van der Waals surface area contributed by atoms with Crippen LogP contribution in [-0.2, 0) is 19.1 Å². The summed E-state index contributed by atoms with van der Waals surface area (Å²) in [5.41, 5.74) is -1.09. The molecule has 0 aliphatic carbocycles. The Balaban J connectivity index is 3.05. The molecule has 1 saturated heterocycles. The molecular weight excluding hydrogens is 350 g/mol. The average molecular weight is 386 g/mol. The predicted molar refractivity (Wildman–Crippen MR) is 102 cm³/mol. The number of likely N-dealkylation sites (tertiary alicyclic amines) is 1. The molecule has 1 fully saturated rings. The Bertz CT molecular complexity index is 551. The molecule has 1 aliphatic heterocycles. The summed E-state index contributed by atoms with van der Waals surface area (Å²) in [5, 5.41) is 5.69. The van der Waals surface area contributed by atoms with E-state index in [-0.39, 0.29) is 11.9 Å². The number of hydrogen-bond donors (Lipinski definition) is 2. The molecule has 8 heteroatoms. The highest BCUT2D eigenvalue weighted by atomic mass is 16.6. The van der Waals surface area contributed by atoms with Crippen LogP contribution in [0.1, 0.15) is 61.3 Å². The van der Waals surface area contributed by atoms with Crippen LogP contribution in [0.2, 0.25) is 0 Å². The second-order valence-electron chi connectivity index (χ2n) is 9.04. The van der Waals surface area contributed by atoms with E-state index in [2.05, 4.69) is 10.6 Å². The number of ether oxygens (including phenoxy) is 2. The molecule has 1 rings (SSSR count). The lowest BCUT2D eigenvalue weighted by Crippen LogP contribution is -2.62. The molecule has 0 unspecified atom stereocenters. The van der Waals surface area contributed by atoms with Crippen molar-refractivity contribution < 1.29 is 23.9 Å². The van der Waals surface area contributed by atoms with Gasteiger partial charge >= 0.3 is 12.1 Å². The summed E-state index contributed by atoms with van der Waals surface area (Å²) >= 11 is 0. The molecule has 0 saturated carbocycles. The van der Waals surface area contributed by atoms with E-state index >= 15 is 0 Å². The Labute approximate surface area is 162 Å². The van der Waals surface area contributed by atoms with Crippen LogP contribution in [0.15, 0.2) is 0 Å². The van der Waals surface area contributed by atoms with E-state index in [1.165, 1.54) is 7.11 Å². The number of hydrogen-bond acceptors (Lipinski definition) is 6. The van der Waals surface area contributed by atoms with Crippen molar-refractivity contribution in [3.63, 3.8) is 0 Å². The van der Waals surface area contributed by atoms with Crippen molar-refractivity contribution in [3.8, 4) is 0 Å². The Morgan fingerprint density at radius 1 is 1.11 bits per heavy atom. The Hall–Kier alpha value is -1.83. The third kappa shape index (κ3) is 7.36. The standard InChI is InChI=1S/C19H35N3O5/c1-12(20-17(25)27-19(5,6)7)14(15(23)21-18(2,3)4)22-11-9-10-13(22)16(24)26-8/h12-14H,9-11H2,1-8H3,(H,20,25)(H,21,23)/t12-,13-,14+/m0/s1. The smallest absolute Gasteiger partial charge is 0.407 e. The highest BCUT2D eigenvalue weighted by Crippen LogP contribution is 2.24. The van der Waals surface area contributed by atoms with Crippen LogP contribution in [-0.4, -0.2) is 65.8 Å². The first-order chi connectivity index (χ1) is 12.2. The fourth-order valence-corrected chi connectivity index (χ4v) is 3.19. The average Bonchev–Trinajstić information content (AvgIpc) is 2.91. The van der Waals surface area contributed by atoms with Crippen molar-refractivity contribution in [1.82, 2.24) is 15.5 Å². The summed E-state index contributed by atoms with van der Waals surface area (Å²) < 4.78 is 10.2. The van der Waals surface area contributed by atoms with Crippen molar-refractivity contribution in [1.29, 1.82) is 0 Å². The van der Waals surface area contributed by atoms with E-state index in [0.29, 0.717) is 13.0 Å². The van der Waals surface area contributed by atoms with Crippen LogP contribution in [0.3, 0.4) is 0 Å². The quantitative estimate of drug-likeness (QED) is 0.701. The molecule has 0 aromatic heterocycles. The van der Waals surface area contributed by atoms with Gasteiger partial charge in [-0.1, -0.05) is 0 Å². The van der Waals surface area contributed by atoms with Gasteiger partial charge in [0.1, 0.15) is 17.7 Å². The van der Waals surface area contributed by atoms with Gasteiger partial charge in [0.05, 0.1) is 13.2 Å². The molecule has 3 atom stereocenters. The van der Waals surface area contributed by atoms with Gasteiger partial charge in [0, 0.05) is 5.54 Å². The molecule has 0 spiro atoms. The predicted octanol–water partition coefficient (Wildman–Crippen LogP) is 1.82. The summed E-state index contributed by atoms with van der Waals surface area (Å²) in [5.74, 6) is -0.618. The molecule has 27 heavy (non-hydrogen) atoms. The number of alkyl carbamates (subject to hydrolysis) is 1. The highest BCUT2D eigenvalue weighted by molar-refractivity contribution is 5.85. The van der Waals surface area contributed by atoms with Crippen molar-refractivity contribution in [2.75, 3.05) is 13.7 Å². The van der Waals surface area contributed by atoms with Crippen molar-refractivity contribution >= 4 is 18.0 Å². The minimum absolute atomic E-state index is 0.248. The van der Waals surface area contributed by atoms with Gasteiger partial charge in [-0.3, -0.25) is 14.5 Å². The summed E-state index contributed by atoms with van der Waals surface area (Å²) in [6, 6.07) is -1.79. The van der Waals surface area contributed by atoms with Crippen LogP contribution in [0.5, 0.6) is 0 Å². The zero-order valence-corrected chi connectivity index (χ0v) is 17.8. The van der Waals surface area contributed by atoms with Gasteiger partial charge < -0.3 is 20.1 Å². The second-order valence-corrected chi connectivity index (χ2v) is 9.04. The number of carbonyl (C=O) groups excluding carboxylic acids is 3. The van der Waals surface area contributed by atoms with Gasteiger partial charge in [0.15, 0.2) is 0 Å². The zero-order valence-electron chi connectivity index (χ0n) is 17.8. The van der Waals surface area contributed by atoms with E-state index in [9.17, 15) is 14.4 Å². The molecule has 0 bridgehead atoms. The lowest BCUT2D eigenvalue weighted by molar-refractivity contribution is -0.148. The van der Waals surface area contributed by atoms with Crippen LogP contribution in [0, 0.1) is 0 Å². The lowest BCUT2D eigenvalue weighted by Gasteiger charge is -2.36. The molecule has 1 heterocycles. The van der Waals surface area contributed by atoms with Crippen LogP contribution >= 0.6 is 0 Å². The number of amides is 2. The maximum absolute atomic E-state index is 13.0. The minimum atomic E-state index is -0.719. The van der Waals surface area contributed by atoms with Gasteiger partial charge in [-0.15, -0.1) is 0 Å². The van der Waals surface area contributed by atoms with Gasteiger partial charge in [0.25, 0.3) is 0 Å². The van der Waals surface area contributed by atoms with Crippen molar-refractivity contribution in [2.24, 2.45) is 0 Å². The Morgan fingerprint density at radius 3 is 2.19 bits per heavy atom. The molecule has 0 aromatic carbocycles. The summed E-state index contributed by atoms with van der Waals surface area (Å²) in [7, 11) is 1.34. The van der Waals surface area contributed by atoms with Gasteiger partial charge in [-0.05, 0) is 67.9 Å². The number of rotatable bonds is 5.